The zero-order valence-corrected chi connectivity index (χ0v) is 12.5. The first-order chi connectivity index (χ1) is 10.6. The van der Waals surface area contributed by atoms with E-state index in [1.807, 2.05) is 0 Å². The molecule has 0 radical (unpaired) electrons. The molecule has 22 heavy (non-hydrogen) atoms. The van der Waals surface area contributed by atoms with Crippen LogP contribution in [0.4, 0.5) is 0 Å². The molecule has 5 nitrogen and oxygen atoms in total. The second-order valence-electron chi connectivity index (χ2n) is 6.48. The van der Waals surface area contributed by atoms with Crippen LogP contribution in [0.25, 0.3) is 0 Å². The molecule has 3 aliphatic rings. The molecule has 1 aromatic carbocycles. The van der Waals surface area contributed by atoms with Gasteiger partial charge in [-0.25, -0.2) is 0 Å². The molecular weight excluding hydrogens is 284 g/mol. The van der Waals surface area contributed by atoms with Crippen molar-refractivity contribution in [3.05, 3.63) is 16.7 Å². The van der Waals surface area contributed by atoms with Gasteiger partial charge in [-0.2, -0.15) is 0 Å². The molecule has 0 amide bonds. The number of benzene rings is 1. The molecule has 0 bridgehead atoms. The van der Waals surface area contributed by atoms with Crippen LogP contribution in [0, 0.1) is 0 Å². The topological polar surface area (TPSA) is 76.0 Å². The normalized spacial score (nSPS) is 21.6. The average Bonchev–Trinajstić information content (AvgIpc) is 2.49. The van der Waals surface area contributed by atoms with E-state index in [9.17, 15) is 15.0 Å². The molecule has 118 valence electrons. The molecule has 2 N–H and O–H groups in total. The van der Waals surface area contributed by atoms with Crippen molar-refractivity contribution in [2.75, 3.05) is 13.2 Å². The van der Waals surface area contributed by atoms with Crippen LogP contribution in [0.15, 0.2) is 0 Å². The molecule has 2 aliphatic heterocycles. The van der Waals surface area contributed by atoms with Crippen molar-refractivity contribution >= 4 is 5.97 Å². The Morgan fingerprint density at radius 2 is 1.59 bits per heavy atom. The van der Waals surface area contributed by atoms with Gasteiger partial charge in [0, 0.05) is 16.7 Å². The molecule has 0 atom stereocenters. The number of hydrogen-bond donors (Lipinski definition) is 2. The highest BCUT2D eigenvalue weighted by molar-refractivity contribution is 5.86. The van der Waals surface area contributed by atoms with Crippen molar-refractivity contribution in [2.24, 2.45) is 0 Å². The number of aromatic hydroxyl groups is 1. The maximum absolute atomic E-state index is 12.0. The summed E-state index contributed by atoms with van der Waals surface area (Å²) in [5.74, 6) is 0.495. The van der Waals surface area contributed by atoms with Gasteiger partial charge in [0.1, 0.15) is 5.75 Å². The SMILES string of the molecule is O=C(O)C1(c2c3c(c(O)c4c2OCCC4)OCCC3)CCC1. The Morgan fingerprint density at radius 3 is 2.18 bits per heavy atom. The van der Waals surface area contributed by atoms with Crippen LogP contribution in [0.3, 0.4) is 0 Å². The van der Waals surface area contributed by atoms with Crippen molar-refractivity contribution in [1.29, 1.82) is 0 Å². The fraction of sp³-hybridized carbons (Fsp3) is 0.588. The van der Waals surface area contributed by atoms with Gasteiger partial charge in [0.05, 0.1) is 18.6 Å². The fourth-order valence-corrected chi connectivity index (χ4v) is 4.03. The van der Waals surface area contributed by atoms with E-state index in [0.29, 0.717) is 44.0 Å². The van der Waals surface area contributed by atoms with Crippen LogP contribution in [0.5, 0.6) is 17.2 Å². The number of hydrogen-bond acceptors (Lipinski definition) is 4. The summed E-state index contributed by atoms with van der Waals surface area (Å²) < 4.78 is 11.6. The summed E-state index contributed by atoms with van der Waals surface area (Å²) in [6.07, 6.45) is 5.31. The summed E-state index contributed by atoms with van der Waals surface area (Å²) in [6, 6.07) is 0. The second-order valence-corrected chi connectivity index (χ2v) is 6.48. The van der Waals surface area contributed by atoms with Gasteiger partial charge in [-0.1, -0.05) is 6.42 Å². The highest BCUT2D eigenvalue weighted by atomic mass is 16.5. The number of carboxylic acids is 1. The van der Waals surface area contributed by atoms with Crippen LogP contribution < -0.4 is 9.47 Å². The smallest absolute Gasteiger partial charge is 0.314 e. The van der Waals surface area contributed by atoms with E-state index in [2.05, 4.69) is 0 Å². The van der Waals surface area contributed by atoms with Crippen LogP contribution in [0.1, 0.15) is 48.8 Å². The van der Waals surface area contributed by atoms with E-state index >= 15 is 0 Å². The summed E-state index contributed by atoms with van der Waals surface area (Å²) in [4.78, 5) is 12.0. The Balaban J connectivity index is 2.02. The molecule has 2 heterocycles. The number of carbonyl (C=O) groups is 1. The van der Waals surface area contributed by atoms with Crippen molar-refractivity contribution in [3.8, 4) is 17.2 Å². The lowest BCUT2D eigenvalue weighted by atomic mass is 9.62. The summed E-state index contributed by atoms with van der Waals surface area (Å²) in [5, 5.41) is 20.4. The Kier molecular flexibility index (Phi) is 2.99. The van der Waals surface area contributed by atoms with E-state index in [0.717, 1.165) is 42.4 Å². The Bertz CT molecular complexity index is 608. The van der Waals surface area contributed by atoms with E-state index in [1.54, 1.807) is 0 Å². The van der Waals surface area contributed by atoms with Crippen molar-refractivity contribution < 1.29 is 24.5 Å². The van der Waals surface area contributed by atoms with Gasteiger partial charge < -0.3 is 19.7 Å². The number of carboxylic acid groups (broad SMARTS) is 1. The maximum atomic E-state index is 12.0. The fourth-order valence-electron chi connectivity index (χ4n) is 4.03. The number of phenols is 1. The minimum absolute atomic E-state index is 0.160. The van der Waals surface area contributed by atoms with Crippen molar-refractivity contribution in [3.63, 3.8) is 0 Å². The van der Waals surface area contributed by atoms with Gasteiger partial charge in [-0.15, -0.1) is 0 Å². The Labute approximate surface area is 128 Å². The largest absolute Gasteiger partial charge is 0.504 e. The first-order valence-electron chi connectivity index (χ1n) is 8.05. The number of phenolic OH excluding ortho intramolecular Hbond substituents is 1. The van der Waals surface area contributed by atoms with Crippen LogP contribution in [-0.4, -0.2) is 29.4 Å². The first-order valence-corrected chi connectivity index (χ1v) is 8.05. The molecule has 0 unspecified atom stereocenters. The number of aliphatic carboxylic acids is 1. The predicted octanol–water partition coefficient (Wildman–Crippen LogP) is 2.55. The highest BCUT2D eigenvalue weighted by Gasteiger charge is 2.51. The van der Waals surface area contributed by atoms with E-state index in [-0.39, 0.29) is 5.75 Å². The molecule has 4 rings (SSSR count). The maximum Gasteiger partial charge on any atom is 0.314 e. The molecule has 0 saturated heterocycles. The number of rotatable bonds is 2. The number of fused-ring (bicyclic) bond motifs is 2. The summed E-state index contributed by atoms with van der Waals surface area (Å²) in [5.41, 5.74) is 1.51. The minimum Gasteiger partial charge on any atom is -0.504 e. The quantitative estimate of drug-likeness (QED) is 0.878. The van der Waals surface area contributed by atoms with Gasteiger partial charge in [0.2, 0.25) is 0 Å². The lowest BCUT2D eigenvalue weighted by molar-refractivity contribution is -0.147. The lowest BCUT2D eigenvalue weighted by Gasteiger charge is -2.42. The third kappa shape index (κ3) is 1.68. The third-order valence-corrected chi connectivity index (χ3v) is 5.31. The summed E-state index contributed by atoms with van der Waals surface area (Å²) >= 11 is 0. The highest BCUT2D eigenvalue weighted by Crippen LogP contribution is 2.56. The van der Waals surface area contributed by atoms with Gasteiger partial charge in [-0.3, -0.25) is 4.79 Å². The molecular formula is C17H20O5. The van der Waals surface area contributed by atoms with Gasteiger partial charge in [0.25, 0.3) is 0 Å². The molecule has 1 aromatic rings. The molecule has 0 aromatic heterocycles. The molecule has 0 spiro atoms. The van der Waals surface area contributed by atoms with Gasteiger partial charge in [-0.05, 0) is 38.5 Å². The average molecular weight is 304 g/mol. The van der Waals surface area contributed by atoms with Crippen LogP contribution >= 0.6 is 0 Å². The predicted molar refractivity (Wildman–Crippen MR) is 78.9 cm³/mol. The zero-order valence-electron chi connectivity index (χ0n) is 12.5. The molecule has 1 saturated carbocycles. The van der Waals surface area contributed by atoms with E-state index < -0.39 is 11.4 Å². The first kappa shape index (κ1) is 13.7. The van der Waals surface area contributed by atoms with Crippen molar-refractivity contribution in [1.82, 2.24) is 0 Å². The summed E-state index contributed by atoms with van der Waals surface area (Å²) in [7, 11) is 0. The summed E-state index contributed by atoms with van der Waals surface area (Å²) in [6.45, 7) is 1.15. The Hall–Kier alpha value is -1.91. The lowest BCUT2D eigenvalue weighted by Crippen LogP contribution is -2.44. The monoisotopic (exact) mass is 304 g/mol. The van der Waals surface area contributed by atoms with Crippen LogP contribution in [0.2, 0.25) is 0 Å². The standard InChI is InChI=1S/C17H20O5/c18-13-11-5-2-8-21-14(11)12(10-4-1-9-22-15(10)13)17(16(19)20)6-3-7-17/h18H,1-9H2,(H,19,20). The molecule has 1 fully saturated rings. The van der Waals surface area contributed by atoms with Crippen LogP contribution in [-0.2, 0) is 23.1 Å². The Morgan fingerprint density at radius 1 is 0.955 bits per heavy atom. The third-order valence-electron chi connectivity index (χ3n) is 5.31. The van der Waals surface area contributed by atoms with E-state index in [4.69, 9.17) is 9.47 Å². The second kappa shape index (κ2) is 4.80. The van der Waals surface area contributed by atoms with Gasteiger partial charge in [0.15, 0.2) is 11.5 Å². The zero-order chi connectivity index (χ0) is 15.3. The van der Waals surface area contributed by atoms with Gasteiger partial charge >= 0.3 is 5.97 Å². The minimum atomic E-state index is -0.861. The van der Waals surface area contributed by atoms with E-state index in [1.165, 1.54) is 0 Å². The molecule has 1 aliphatic carbocycles. The number of ether oxygens (including phenoxy) is 2. The molecule has 5 heteroatoms. The van der Waals surface area contributed by atoms with Crippen molar-refractivity contribution in [2.45, 2.75) is 50.4 Å².